The summed E-state index contributed by atoms with van der Waals surface area (Å²) in [4.78, 5) is 12.5. The van der Waals surface area contributed by atoms with Crippen molar-refractivity contribution in [2.45, 2.75) is 30.9 Å². The molecule has 0 aliphatic carbocycles. The van der Waals surface area contributed by atoms with E-state index in [4.69, 9.17) is 4.74 Å². The summed E-state index contributed by atoms with van der Waals surface area (Å²) in [7, 11) is -3.96. The van der Waals surface area contributed by atoms with E-state index in [0.29, 0.717) is 18.0 Å². The minimum absolute atomic E-state index is 0.111. The average molecular weight is 443 g/mol. The molecule has 6 nitrogen and oxygen atoms in total. The molecule has 0 spiro atoms. The first-order valence-electron chi connectivity index (χ1n) is 9.73. The Hall–Kier alpha value is -3.23. The SMILES string of the molecule is CCC(NS(=O)(=O)c1ccc(F)cc1)C(=O)Nc1ccc(OCc2ccccc2)cc1. The van der Waals surface area contributed by atoms with E-state index in [9.17, 15) is 17.6 Å². The van der Waals surface area contributed by atoms with Gasteiger partial charge in [-0.2, -0.15) is 4.72 Å². The van der Waals surface area contributed by atoms with Crippen molar-refractivity contribution in [3.05, 3.63) is 90.2 Å². The zero-order valence-electron chi connectivity index (χ0n) is 16.9. The van der Waals surface area contributed by atoms with E-state index in [0.717, 1.165) is 29.8 Å². The quantitative estimate of drug-likeness (QED) is 0.523. The molecule has 3 aromatic rings. The normalized spacial score (nSPS) is 12.2. The lowest BCUT2D eigenvalue weighted by atomic mass is 10.2. The van der Waals surface area contributed by atoms with E-state index in [2.05, 4.69) is 10.0 Å². The third-order valence-corrected chi connectivity index (χ3v) is 6.00. The second kappa shape index (κ2) is 10.2. The van der Waals surface area contributed by atoms with Gasteiger partial charge >= 0.3 is 0 Å². The summed E-state index contributed by atoms with van der Waals surface area (Å²) in [5.41, 5.74) is 1.55. The topological polar surface area (TPSA) is 84.5 Å². The molecular formula is C23H23FN2O4S. The van der Waals surface area contributed by atoms with Crippen molar-refractivity contribution in [3.8, 4) is 5.75 Å². The van der Waals surface area contributed by atoms with Crippen LogP contribution < -0.4 is 14.8 Å². The Morgan fingerprint density at radius 1 is 0.968 bits per heavy atom. The highest BCUT2D eigenvalue weighted by atomic mass is 32.2. The summed E-state index contributed by atoms with van der Waals surface area (Å²) in [6.45, 7) is 2.12. The number of amides is 1. The Morgan fingerprint density at radius 2 is 1.61 bits per heavy atom. The number of benzene rings is 3. The lowest BCUT2D eigenvalue weighted by Crippen LogP contribution is -2.43. The number of halogens is 1. The third-order valence-electron chi connectivity index (χ3n) is 4.52. The highest BCUT2D eigenvalue weighted by Gasteiger charge is 2.24. The largest absolute Gasteiger partial charge is 0.489 e. The molecule has 8 heteroatoms. The highest BCUT2D eigenvalue weighted by molar-refractivity contribution is 7.89. The van der Waals surface area contributed by atoms with Crippen LogP contribution in [0.2, 0.25) is 0 Å². The molecule has 1 amide bonds. The summed E-state index contributed by atoms with van der Waals surface area (Å²) < 4.78 is 46.1. The minimum Gasteiger partial charge on any atom is -0.489 e. The fraction of sp³-hybridized carbons (Fsp3) is 0.174. The van der Waals surface area contributed by atoms with Crippen LogP contribution in [0.15, 0.2) is 83.8 Å². The Kier molecular flexibility index (Phi) is 7.38. The summed E-state index contributed by atoms with van der Waals surface area (Å²) in [5.74, 6) is -0.392. The van der Waals surface area contributed by atoms with Crippen LogP contribution >= 0.6 is 0 Å². The predicted octanol–water partition coefficient (Wildman–Crippen LogP) is 4.10. The van der Waals surface area contributed by atoms with E-state index < -0.39 is 27.8 Å². The second-order valence-electron chi connectivity index (χ2n) is 6.82. The first kappa shape index (κ1) is 22.5. The van der Waals surface area contributed by atoms with E-state index in [1.807, 2.05) is 30.3 Å². The Bertz CT molecular complexity index is 1100. The molecule has 0 fully saturated rings. The molecular weight excluding hydrogens is 419 g/mol. The van der Waals surface area contributed by atoms with Gasteiger partial charge < -0.3 is 10.1 Å². The highest BCUT2D eigenvalue weighted by Crippen LogP contribution is 2.18. The summed E-state index contributed by atoms with van der Waals surface area (Å²) in [6, 6.07) is 20.0. The van der Waals surface area contributed by atoms with Crippen LogP contribution in [0.4, 0.5) is 10.1 Å². The smallest absolute Gasteiger partial charge is 0.242 e. The first-order chi connectivity index (χ1) is 14.9. The van der Waals surface area contributed by atoms with E-state index >= 15 is 0 Å². The molecule has 0 aliphatic heterocycles. The number of carbonyl (C=O) groups is 1. The third kappa shape index (κ3) is 6.37. The van der Waals surface area contributed by atoms with Crippen LogP contribution in [0.3, 0.4) is 0 Å². The zero-order valence-corrected chi connectivity index (χ0v) is 17.7. The molecule has 31 heavy (non-hydrogen) atoms. The first-order valence-corrected chi connectivity index (χ1v) is 11.2. The molecule has 1 unspecified atom stereocenters. The van der Waals surface area contributed by atoms with Crippen molar-refractivity contribution < 1.29 is 22.3 Å². The van der Waals surface area contributed by atoms with Crippen LogP contribution in [0.5, 0.6) is 5.75 Å². The zero-order chi connectivity index (χ0) is 22.3. The van der Waals surface area contributed by atoms with Crippen LogP contribution in [0, 0.1) is 5.82 Å². The van der Waals surface area contributed by atoms with E-state index in [-0.39, 0.29) is 11.3 Å². The molecule has 3 aromatic carbocycles. The molecule has 0 aromatic heterocycles. The van der Waals surface area contributed by atoms with E-state index in [1.165, 1.54) is 0 Å². The number of ether oxygens (including phenoxy) is 1. The summed E-state index contributed by atoms with van der Waals surface area (Å²) >= 11 is 0. The van der Waals surface area contributed by atoms with Crippen LogP contribution in [-0.4, -0.2) is 20.4 Å². The average Bonchev–Trinajstić information content (AvgIpc) is 2.78. The molecule has 1 atom stereocenters. The van der Waals surface area contributed by atoms with Gasteiger partial charge in [0, 0.05) is 5.69 Å². The van der Waals surface area contributed by atoms with Crippen molar-refractivity contribution in [1.29, 1.82) is 0 Å². The van der Waals surface area contributed by atoms with Gasteiger partial charge in [0.25, 0.3) is 0 Å². The van der Waals surface area contributed by atoms with Crippen LogP contribution in [-0.2, 0) is 21.4 Å². The lowest BCUT2D eigenvalue weighted by Gasteiger charge is -2.17. The Labute approximate surface area is 181 Å². The lowest BCUT2D eigenvalue weighted by molar-refractivity contribution is -0.117. The monoisotopic (exact) mass is 442 g/mol. The van der Waals surface area contributed by atoms with Gasteiger partial charge in [0.2, 0.25) is 15.9 Å². The van der Waals surface area contributed by atoms with Crippen molar-refractivity contribution in [2.24, 2.45) is 0 Å². The van der Waals surface area contributed by atoms with Crippen LogP contribution in [0.25, 0.3) is 0 Å². The molecule has 0 bridgehead atoms. The second-order valence-corrected chi connectivity index (χ2v) is 8.54. The predicted molar refractivity (Wildman–Crippen MR) is 117 cm³/mol. The number of nitrogens with one attached hydrogen (secondary N) is 2. The molecule has 0 saturated carbocycles. The van der Waals surface area contributed by atoms with Gasteiger partial charge in [-0.15, -0.1) is 0 Å². The Morgan fingerprint density at radius 3 is 2.23 bits per heavy atom. The number of rotatable bonds is 9. The summed E-state index contributed by atoms with van der Waals surface area (Å²) in [5, 5.41) is 2.70. The van der Waals surface area contributed by atoms with Crippen molar-refractivity contribution in [1.82, 2.24) is 4.72 Å². The maximum atomic E-state index is 13.0. The van der Waals surface area contributed by atoms with Crippen molar-refractivity contribution >= 4 is 21.6 Å². The molecule has 0 heterocycles. The number of sulfonamides is 1. The molecule has 162 valence electrons. The van der Waals surface area contributed by atoms with Gasteiger partial charge in [0.15, 0.2) is 0 Å². The molecule has 0 aliphatic rings. The van der Waals surface area contributed by atoms with Gasteiger partial charge in [0.1, 0.15) is 24.2 Å². The molecule has 0 radical (unpaired) electrons. The van der Waals surface area contributed by atoms with Crippen LogP contribution in [0.1, 0.15) is 18.9 Å². The molecule has 0 saturated heterocycles. The van der Waals surface area contributed by atoms with Gasteiger partial charge in [-0.05, 0) is 60.5 Å². The number of anilines is 1. The number of hydrogen-bond acceptors (Lipinski definition) is 4. The molecule has 3 rings (SSSR count). The van der Waals surface area contributed by atoms with Gasteiger partial charge in [-0.25, -0.2) is 12.8 Å². The van der Waals surface area contributed by atoms with Gasteiger partial charge in [-0.3, -0.25) is 4.79 Å². The van der Waals surface area contributed by atoms with Gasteiger partial charge in [0.05, 0.1) is 4.90 Å². The standard InChI is InChI=1S/C23H23FN2O4S/c1-2-22(26-31(28,29)21-14-8-18(24)9-15-21)23(27)25-19-10-12-20(13-11-19)30-16-17-6-4-3-5-7-17/h3-15,22,26H,2,16H2,1H3,(H,25,27). The Balaban J connectivity index is 1.59. The maximum absolute atomic E-state index is 13.0. The minimum atomic E-state index is -3.96. The number of carbonyl (C=O) groups excluding carboxylic acids is 1. The maximum Gasteiger partial charge on any atom is 0.242 e. The fourth-order valence-corrected chi connectivity index (χ4v) is 4.07. The van der Waals surface area contributed by atoms with Crippen molar-refractivity contribution in [2.75, 3.05) is 5.32 Å². The van der Waals surface area contributed by atoms with E-state index in [1.54, 1.807) is 31.2 Å². The number of hydrogen-bond donors (Lipinski definition) is 2. The van der Waals surface area contributed by atoms with Crippen molar-refractivity contribution in [3.63, 3.8) is 0 Å². The fourth-order valence-electron chi connectivity index (χ4n) is 2.80. The molecule has 2 N–H and O–H groups in total. The van der Waals surface area contributed by atoms with Gasteiger partial charge in [-0.1, -0.05) is 37.3 Å². The summed E-state index contributed by atoms with van der Waals surface area (Å²) in [6.07, 6.45) is 0.241.